The van der Waals surface area contributed by atoms with Crippen LogP contribution in [0, 0.1) is 6.92 Å². The van der Waals surface area contributed by atoms with E-state index in [0.717, 1.165) is 22.4 Å². The Labute approximate surface area is 133 Å². The third kappa shape index (κ3) is 2.41. The van der Waals surface area contributed by atoms with Crippen molar-refractivity contribution in [3.63, 3.8) is 0 Å². The lowest BCUT2D eigenvalue weighted by molar-refractivity contribution is -0.146. The second kappa shape index (κ2) is 5.93. The van der Waals surface area contributed by atoms with Crippen molar-refractivity contribution in [3.8, 4) is 0 Å². The molecule has 0 N–H and O–H groups in total. The first-order valence-corrected chi connectivity index (χ1v) is 8.02. The molecule has 0 spiro atoms. The highest BCUT2D eigenvalue weighted by atomic mass is 32.1. The van der Waals surface area contributed by atoms with Gasteiger partial charge in [-0.1, -0.05) is 18.2 Å². The van der Waals surface area contributed by atoms with E-state index in [0.29, 0.717) is 12.1 Å². The van der Waals surface area contributed by atoms with Crippen molar-refractivity contribution in [1.82, 2.24) is 4.90 Å². The van der Waals surface area contributed by atoms with Gasteiger partial charge in [0.05, 0.1) is 7.11 Å². The molecule has 1 amide bonds. The van der Waals surface area contributed by atoms with Gasteiger partial charge < -0.3 is 9.64 Å². The number of methoxy groups -OCH3 is 1. The summed E-state index contributed by atoms with van der Waals surface area (Å²) in [5.74, 6) is -0.508. The number of thiophene rings is 1. The van der Waals surface area contributed by atoms with Gasteiger partial charge in [0.1, 0.15) is 0 Å². The summed E-state index contributed by atoms with van der Waals surface area (Å²) < 4.78 is 4.93. The van der Waals surface area contributed by atoms with Crippen molar-refractivity contribution in [3.05, 3.63) is 57.3 Å². The van der Waals surface area contributed by atoms with Gasteiger partial charge in [0.2, 0.25) is 0 Å². The van der Waals surface area contributed by atoms with Crippen LogP contribution in [0.4, 0.5) is 0 Å². The Morgan fingerprint density at radius 2 is 2.05 bits per heavy atom. The van der Waals surface area contributed by atoms with Crippen LogP contribution in [-0.2, 0) is 16.0 Å². The lowest BCUT2D eigenvalue weighted by atomic mass is 9.98. The lowest BCUT2D eigenvalue weighted by Crippen LogP contribution is -2.43. The molecule has 0 aliphatic carbocycles. The minimum Gasteiger partial charge on any atom is -0.467 e. The number of carbonyl (C=O) groups is 2. The molecule has 1 unspecified atom stereocenters. The van der Waals surface area contributed by atoms with Crippen LogP contribution in [-0.4, -0.2) is 30.4 Å². The number of aryl methyl sites for hydroxylation is 1. The SMILES string of the molecule is COC(=O)C1c2ccsc2CCN1C(=O)c1ccccc1C. The van der Waals surface area contributed by atoms with Crippen LogP contribution >= 0.6 is 11.3 Å². The molecule has 1 aromatic heterocycles. The van der Waals surface area contributed by atoms with Crippen molar-refractivity contribution in [1.29, 1.82) is 0 Å². The number of ether oxygens (including phenoxy) is 1. The van der Waals surface area contributed by atoms with Gasteiger partial charge in [-0.05, 0) is 42.0 Å². The lowest BCUT2D eigenvalue weighted by Gasteiger charge is -2.34. The standard InChI is InChI=1S/C17H17NO3S/c1-11-5-3-4-6-12(11)16(19)18-9-7-14-13(8-10-22-14)15(18)17(20)21-2/h3-6,8,10,15H,7,9H2,1-2H3. The van der Waals surface area contributed by atoms with Gasteiger partial charge in [-0.15, -0.1) is 11.3 Å². The molecule has 1 atom stereocenters. The van der Waals surface area contributed by atoms with E-state index in [2.05, 4.69) is 0 Å². The Balaban J connectivity index is 2.01. The summed E-state index contributed by atoms with van der Waals surface area (Å²) in [5, 5.41) is 1.96. The zero-order valence-electron chi connectivity index (χ0n) is 12.5. The highest BCUT2D eigenvalue weighted by Gasteiger charge is 2.37. The molecule has 0 saturated carbocycles. The number of rotatable bonds is 2. The Hall–Kier alpha value is -2.14. The molecule has 0 radical (unpaired) electrons. The topological polar surface area (TPSA) is 46.6 Å². The molecule has 0 saturated heterocycles. The number of nitrogens with zero attached hydrogens (tertiary/aromatic N) is 1. The number of benzene rings is 1. The molecule has 114 valence electrons. The van der Waals surface area contributed by atoms with Gasteiger partial charge >= 0.3 is 5.97 Å². The average molecular weight is 315 g/mol. The quantitative estimate of drug-likeness (QED) is 0.801. The van der Waals surface area contributed by atoms with Crippen LogP contribution in [0.5, 0.6) is 0 Å². The average Bonchev–Trinajstić information content (AvgIpc) is 3.01. The third-order valence-electron chi connectivity index (χ3n) is 4.03. The molecule has 1 aromatic carbocycles. The number of hydrogen-bond acceptors (Lipinski definition) is 4. The van der Waals surface area contributed by atoms with Gasteiger partial charge in [-0.25, -0.2) is 4.79 Å². The molecule has 0 bridgehead atoms. The second-order valence-electron chi connectivity index (χ2n) is 5.29. The Bertz CT molecular complexity index is 722. The summed E-state index contributed by atoms with van der Waals surface area (Å²) in [4.78, 5) is 27.9. The molecule has 2 aromatic rings. The van der Waals surface area contributed by atoms with E-state index in [4.69, 9.17) is 4.74 Å². The number of esters is 1. The molecule has 3 rings (SSSR count). The van der Waals surface area contributed by atoms with Crippen LogP contribution in [0.25, 0.3) is 0 Å². The van der Waals surface area contributed by atoms with Crippen molar-refractivity contribution in [2.75, 3.05) is 13.7 Å². The Morgan fingerprint density at radius 3 is 2.77 bits per heavy atom. The molecule has 1 aliphatic rings. The van der Waals surface area contributed by atoms with Gasteiger partial charge in [0.25, 0.3) is 5.91 Å². The predicted molar refractivity (Wildman–Crippen MR) is 85.0 cm³/mol. The zero-order valence-corrected chi connectivity index (χ0v) is 13.4. The smallest absolute Gasteiger partial charge is 0.333 e. The van der Waals surface area contributed by atoms with Crippen LogP contribution < -0.4 is 0 Å². The summed E-state index contributed by atoms with van der Waals surface area (Å²) in [7, 11) is 1.36. The van der Waals surface area contributed by atoms with E-state index in [-0.39, 0.29) is 11.9 Å². The minimum atomic E-state index is -0.646. The van der Waals surface area contributed by atoms with E-state index in [1.807, 2.05) is 36.6 Å². The first kappa shape index (κ1) is 14.8. The van der Waals surface area contributed by atoms with Crippen molar-refractivity contribution in [2.24, 2.45) is 0 Å². The molecule has 4 nitrogen and oxygen atoms in total. The molecule has 2 heterocycles. The Kier molecular flexibility index (Phi) is 3.98. The summed E-state index contributed by atoms with van der Waals surface area (Å²) >= 11 is 1.62. The summed E-state index contributed by atoms with van der Waals surface area (Å²) in [6, 6.07) is 8.71. The van der Waals surface area contributed by atoms with E-state index in [9.17, 15) is 9.59 Å². The van der Waals surface area contributed by atoms with Crippen LogP contribution in [0.2, 0.25) is 0 Å². The van der Waals surface area contributed by atoms with Gasteiger partial charge in [0.15, 0.2) is 6.04 Å². The van der Waals surface area contributed by atoms with Gasteiger partial charge in [-0.2, -0.15) is 0 Å². The maximum atomic E-state index is 12.9. The first-order chi connectivity index (χ1) is 10.6. The predicted octanol–water partition coefficient (Wildman–Crippen LogP) is 2.97. The number of amides is 1. The molecular weight excluding hydrogens is 298 g/mol. The monoisotopic (exact) mass is 315 g/mol. The van der Waals surface area contributed by atoms with Crippen molar-refractivity contribution in [2.45, 2.75) is 19.4 Å². The fourth-order valence-electron chi connectivity index (χ4n) is 2.87. The molecular formula is C17H17NO3S. The number of fused-ring (bicyclic) bond motifs is 1. The largest absolute Gasteiger partial charge is 0.467 e. The van der Waals surface area contributed by atoms with E-state index in [1.165, 1.54) is 7.11 Å². The van der Waals surface area contributed by atoms with Crippen molar-refractivity contribution < 1.29 is 14.3 Å². The van der Waals surface area contributed by atoms with E-state index in [1.54, 1.807) is 22.3 Å². The van der Waals surface area contributed by atoms with Crippen LogP contribution in [0.3, 0.4) is 0 Å². The highest BCUT2D eigenvalue weighted by molar-refractivity contribution is 7.10. The third-order valence-corrected chi connectivity index (χ3v) is 5.02. The maximum absolute atomic E-state index is 12.9. The van der Waals surface area contributed by atoms with Crippen LogP contribution in [0.15, 0.2) is 35.7 Å². The number of hydrogen-bond donors (Lipinski definition) is 0. The highest BCUT2D eigenvalue weighted by Crippen LogP contribution is 2.35. The molecule has 0 fully saturated rings. The van der Waals surface area contributed by atoms with E-state index >= 15 is 0 Å². The molecule has 5 heteroatoms. The normalized spacial score (nSPS) is 17.0. The van der Waals surface area contributed by atoms with Gasteiger partial charge in [0, 0.05) is 17.0 Å². The second-order valence-corrected chi connectivity index (χ2v) is 6.29. The molecule has 22 heavy (non-hydrogen) atoms. The summed E-state index contributed by atoms with van der Waals surface area (Å²) in [6.07, 6.45) is 0.776. The minimum absolute atomic E-state index is 0.120. The maximum Gasteiger partial charge on any atom is 0.333 e. The first-order valence-electron chi connectivity index (χ1n) is 7.14. The fraction of sp³-hybridized carbons (Fsp3) is 0.294. The fourth-order valence-corrected chi connectivity index (χ4v) is 3.77. The summed E-state index contributed by atoms with van der Waals surface area (Å²) in [6.45, 7) is 2.43. The summed E-state index contributed by atoms with van der Waals surface area (Å²) in [5.41, 5.74) is 2.44. The Morgan fingerprint density at radius 1 is 1.27 bits per heavy atom. The zero-order chi connectivity index (χ0) is 15.7. The number of carbonyl (C=O) groups excluding carboxylic acids is 2. The van der Waals surface area contributed by atoms with E-state index < -0.39 is 6.04 Å². The van der Waals surface area contributed by atoms with Crippen molar-refractivity contribution >= 4 is 23.2 Å². The van der Waals surface area contributed by atoms with Gasteiger partial charge in [-0.3, -0.25) is 4.79 Å². The molecule has 1 aliphatic heterocycles. The van der Waals surface area contributed by atoms with Crippen LogP contribution in [0.1, 0.15) is 32.4 Å².